The van der Waals surface area contributed by atoms with Crippen molar-refractivity contribution in [2.24, 2.45) is 11.5 Å². The van der Waals surface area contributed by atoms with E-state index in [1.807, 2.05) is 0 Å². The van der Waals surface area contributed by atoms with Gasteiger partial charge >= 0.3 is 38.4 Å². The first-order valence-corrected chi connectivity index (χ1v) is 10.8. The molecule has 0 bridgehead atoms. The van der Waals surface area contributed by atoms with E-state index in [0.717, 1.165) is 0 Å². The molecular weight excluding hydrogens is 318 g/mol. The summed E-state index contributed by atoms with van der Waals surface area (Å²) in [6.45, 7) is 0.250. The summed E-state index contributed by atoms with van der Waals surface area (Å²) in [6, 6.07) is 0. The fraction of sp³-hybridized carbons (Fsp3) is 1.00. The van der Waals surface area contributed by atoms with Gasteiger partial charge in [0.25, 0.3) is 0 Å². The SMILES string of the molecule is NCN.[Cl][Pb][Cl]. The van der Waals surface area contributed by atoms with E-state index in [-0.39, 0.29) is 6.67 Å². The van der Waals surface area contributed by atoms with Crippen molar-refractivity contribution >= 4 is 38.4 Å². The molecule has 0 saturated carbocycles. The van der Waals surface area contributed by atoms with Gasteiger partial charge < -0.3 is 11.5 Å². The van der Waals surface area contributed by atoms with Crippen molar-refractivity contribution < 1.29 is 0 Å². The minimum atomic E-state index is -0.972. The molecule has 0 heterocycles. The molecule has 0 unspecified atom stereocenters. The number of hydrogen-bond donors (Lipinski definition) is 2. The maximum absolute atomic E-state index is 4.96. The van der Waals surface area contributed by atoms with Crippen LogP contribution in [0.5, 0.6) is 0 Å². The second kappa shape index (κ2) is 16.1. The van der Waals surface area contributed by atoms with Gasteiger partial charge in [-0.3, -0.25) is 0 Å². The molecule has 6 heavy (non-hydrogen) atoms. The van der Waals surface area contributed by atoms with Crippen molar-refractivity contribution in [3.05, 3.63) is 0 Å². The van der Waals surface area contributed by atoms with E-state index in [9.17, 15) is 0 Å². The van der Waals surface area contributed by atoms with Crippen LogP contribution < -0.4 is 11.5 Å². The Hall–Kier alpha value is 1.42. The molecule has 2 radical (unpaired) electrons. The summed E-state index contributed by atoms with van der Waals surface area (Å²) in [5.74, 6) is 0. The Morgan fingerprint density at radius 3 is 1.33 bits per heavy atom. The third kappa shape index (κ3) is 52.4. The monoisotopic (exact) mass is 324 g/mol. The van der Waals surface area contributed by atoms with Gasteiger partial charge in [0.1, 0.15) is 0 Å². The average Bonchev–Trinajstić information content (AvgIpc) is 1.39. The molecule has 4 N–H and O–H groups in total. The molecule has 38 valence electrons. The van der Waals surface area contributed by atoms with E-state index < -0.39 is 21.8 Å². The molecule has 0 aliphatic carbocycles. The summed E-state index contributed by atoms with van der Waals surface area (Å²) in [4.78, 5) is 0. The molecule has 2 nitrogen and oxygen atoms in total. The van der Waals surface area contributed by atoms with Crippen LogP contribution in [-0.4, -0.2) is 28.5 Å². The van der Waals surface area contributed by atoms with Gasteiger partial charge in [-0.15, -0.1) is 0 Å². The van der Waals surface area contributed by atoms with Gasteiger partial charge in [0, 0.05) is 6.67 Å². The Balaban J connectivity index is 0. The molecule has 5 heteroatoms. The Kier molecular flexibility index (Phi) is 28.0. The first-order valence-electron chi connectivity index (χ1n) is 1.19. The van der Waals surface area contributed by atoms with E-state index >= 15 is 0 Å². The fourth-order valence-corrected chi connectivity index (χ4v) is 0. The van der Waals surface area contributed by atoms with E-state index in [0.29, 0.717) is 0 Å². The molecule has 0 fully saturated rings. The van der Waals surface area contributed by atoms with Crippen molar-refractivity contribution in [1.82, 2.24) is 0 Å². The van der Waals surface area contributed by atoms with E-state index in [1.165, 1.54) is 0 Å². The molecule has 0 rings (SSSR count). The van der Waals surface area contributed by atoms with Crippen molar-refractivity contribution in [2.75, 3.05) is 6.67 Å². The van der Waals surface area contributed by atoms with Gasteiger partial charge in [0.15, 0.2) is 0 Å². The second-order valence-corrected chi connectivity index (χ2v) is 5.88. The number of rotatable bonds is 0. The number of hydrogen-bond acceptors (Lipinski definition) is 2. The number of nitrogens with two attached hydrogens (primary N) is 2. The Labute approximate surface area is 56.3 Å². The van der Waals surface area contributed by atoms with Gasteiger partial charge in [-0.25, -0.2) is 0 Å². The normalized spacial score (nSPS) is 6.00. The van der Waals surface area contributed by atoms with E-state index in [1.54, 1.807) is 0 Å². The zero-order chi connectivity index (χ0) is 5.41. The van der Waals surface area contributed by atoms with Gasteiger partial charge in [-0.05, 0) is 0 Å². The molecule has 0 amide bonds. The predicted molar refractivity (Wildman–Crippen MR) is 30.7 cm³/mol. The Bertz CT molecular complexity index is 13.5. The van der Waals surface area contributed by atoms with Crippen LogP contribution in [0.15, 0.2) is 0 Å². The van der Waals surface area contributed by atoms with Crippen LogP contribution in [-0.2, 0) is 0 Å². The summed E-state index contributed by atoms with van der Waals surface area (Å²) < 4.78 is 0. The van der Waals surface area contributed by atoms with Gasteiger partial charge in [0.2, 0.25) is 0 Å². The van der Waals surface area contributed by atoms with Crippen LogP contribution in [0.3, 0.4) is 0 Å². The van der Waals surface area contributed by atoms with Crippen molar-refractivity contribution in [2.45, 2.75) is 0 Å². The first-order chi connectivity index (χ1) is 2.83. The Morgan fingerprint density at radius 2 is 1.33 bits per heavy atom. The average molecular weight is 324 g/mol. The first kappa shape index (κ1) is 10.4. The third-order valence-electron chi connectivity index (χ3n) is 0. The van der Waals surface area contributed by atoms with Crippen LogP contribution in [0.2, 0.25) is 0 Å². The molecule has 0 spiro atoms. The summed E-state index contributed by atoms with van der Waals surface area (Å²) >= 11 is -0.972. The van der Waals surface area contributed by atoms with Gasteiger partial charge in [0.05, 0.1) is 0 Å². The minimum absolute atomic E-state index is 0.250. The molecule has 0 aliphatic heterocycles. The van der Waals surface area contributed by atoms with Crippen molar-refractivity contribution in [3.63, 3.8) is 0 Å². The molecule has 0 aromatic rings. The zero-order valence-corrected chi connectivity index (χ0v) is 8.52. The van der Waals surface area contributed by atoms with Gasteiger partial charge in [-0.2, -0.15) is 0 Å². The topological polar surface area (TPSA) is 52.0 Å². The van der Waals surface area contributed by atoms with E-state index in [4.69, 9.17) is 16.6 Å². The standard InChI is InChI=1S/CH6N2.2ClH.Pb/c2-1-3;;;/h1-3H2;2*1H;/q;;;+2/p-2. The molecule has 0 saturated heterocycles. The summed E-state index contributed by atoms with van der Waals surface area (Å²) in [5.41, 5.74) is 9.25. The second-order valence-electron chi connectivity index (χ2n) is 0.307. The zero-order valence-electron chi connectivity index (χ0n) is 3.12. The summed E-state index contributed by atoms with van der Waals surface area (Å²) in [5, 5.41) is 0. The van der Waals surface area contributed by atoms with Gasteiger partial charge in [-0.1, -0.05) is 0 Å². The summed E-state index contributed by atoms with van der Waals surface area (Å²) in [6.07, 6.45) is 0. The quantitative estimate of drug-likeness (QED) is 0.481. The molecule has 0 aromatic carbocycles. The Morgan fingerprint density at radius 1 is 1.33 bits per heavy atom. The van der Waals surface area contributed by atoms with Crippen LogP contribution in [0.1, 0.15) is 0 Å². The molecule has 0 aromatic heterocycles. The van der Waals surface area contributed by atoms with Crippen LogP contribution in [0.4, 0.5) is 0 Å². The number of halogens is 2. The molecule has 0 aliphatic rings. The van der Waals surface area contributed by atoms with E-state index in [2.05, 4.69) is 11.5 Å². The molecule has 0 atom stereocenters. The fourth-order valence-electron chi connectivity index (χ4n) is 0. The summed E-state index contributed by atoms with van der Waals surface area (Å²) in [7, 11) is 9.92. The van der Waals surface area contributed by atoms with Crippen LogP contribution in [0.25, 0.3) is 0 Å². The van der Waals surface area contributed by atoms with Crippen molar-refractivity contribution in [1.29, 1.82) is 0 Å². The third-order valence-corrected chi connectivity index (χ3v) is 0. The van der Waals surface area contributed by atoms with Crippen LogP contribution in [0, 0.1) is 0 Å². The molecular formula is CH6Cl2N2Pb. The van der Waals surface area contributed by atoms with Crippen molar-refractivity contribution in [3.8, 4) is 0 Å². The maximum atomic E-state index is 4.96. The van der Waals surface area contributed by atoms with Crippen LogP contribution >= 0.6 is 16.6 Å². The predicted octanol–water partition coefficient (Wildman–Crippen LogP) is -0.140.